The predicted molar refractivity (Wildman–Crippen MR) is 113 cm³/mol. The van der Waals surface area contributed by atoms with Crippen LogP contribution in [0, 0.1) is 0 Å². The number of hydrogen-bond acceptors (Lipinski definition) is 5. The standard InChI is InChI=1S/C21H20N4O3S/c1-29(27,28)25(16-17-7-3-2-4-8-17)20-12-10-18(11-13-20)21(26)24-23-15-19-9-5-6-14-22-19/h2-15H,16H2,1H3,(H,24,26)/b23-15+. The molecule has 1 heterocycles. The Bertz CT molecular complexity index is 1080. The maximum atomic E-state index is 12.3. The second kappa shape index (κ2) is 9.11. The third-order valence-corrected chi connectivity index (χ3v) is 5.18. The molecule has 29 heavy (non-hydrogen) atoms. The molecule has 0 fully saturated rings. The maximum absolute atomic E-state index is 12.3. The maximum Gasteiger partial charge on any atom is 0.271 e. The van der Waals surface area contributed by atoms with Crippen molar-refractivity contribution < 1.29 is 13.2 Å². The first-order chi connectivity index (χ1) is 13.9. The second-order valence-corrected chi connectivity index (χ2v) is 8.16. The van der Waals surface area contributed by atoms with Gasteiger partial charge in [-0.25, -0.2) is 13.8 Å². The van der Waals surface area contributed by atoms with Crippen molar-refractivity contribution in [2.75, 3.05) is 10.6 Å². The monoisotopic (exact) mass is 408 g/mol. The summed E-state index contributed by atoms with van der Waals surface area (Å²) in [5.41, 5.74) is 4.75. The molecule has 148 valence electrons. The molecule has 1 N–H and O–H groups in total. The van der Waals surface area contributed by atoms with Gasteiger partial charge in [-0.15, -0.1) is 0 Å². The van der Waals surface area contributed by atoms with E-state index in [0.29, 0.717) is 16.9 Å². The quantitative estimate of drug-likeness (QED) is 0.481. The van der Waals surface area contributed by atoms with E-state index in [1.807, 2.05) is 36.4 Å². The molecule has 0 saturated carbocycles. The van der Waals surface area contributed by atoms with Gasteiger partial charge >= 0.3 is 0 Å². The molecule has 1 amide bonds. The number of pyridine rings is 1. The number of benzene rings is 2. The Balaban J connectivity index is 1.71. The second-order valence-electron chi connectivity index (χ2n) is 6.26. The van der Waals surface area contributed by atoms with Gasteiger partial charge in [-0.1, -0.05) is 36.4 Å². The van der Waals surface area contributed by atoms with Gasteiger partial charge in [0.05, 0.1) is 30.4 Å². The van der Waals surface area contributed by atoms with E-state index in [0.717, 1.165) is 11.8 Å². The summed E-state index contributed by atoms with van der Waals surface area (Å²) >= 11 is 0. The Morgan fingerprint density at radius 2 is 1.72 bits per heavy atom. The van der Waals surface area contributed by atoms with Crippen LogP contribution in [0.2, 0.25) is 0 Å². The molecule has 0 aliphatic carbocycles. The highest BCUT2D eigenvalue weighted by Crippen LogP contribution is 2.21. The van der Waals surface area contributed by atoms with E-state index in [-0.39, 0.29) is 6.54 Å². The first-order valence-corrected chi connectivity index (χ1v) is 10.6. The highest BCUT2D eigenvalue weighted by molar-refractivity contribution is 7.92. The summed E-state index contributed by atoms with van der Waals surface area (Å²) in [6.07, 6.45) is 4.23. The lowest BCUT2D eigenvalue weighted by Gasteiger charge is -2.22. The van der Waals surface area contributed by atoms with Crippen LogP contribution in [0.25, 0.3) is 0 Å². The summed E-state index contributed by atoms with van der Waals surface area (Å²) in [6.45, 7) is 0.208. The van der Waals surface area contributed by atoms with Gasteiger partial charge in [-0.05, 0) is 42.0 Å². The Morgan fingerprint density at radius 3 is 2.34 bits per heavy atom. The molecule has 1 aromatic heterocycles. The van der Waals surface area contributed by atoms with Crippen molar-refractivity contribution in [1.82, 2.24) is 10.4 Å². The summed E-state index contributed by atoms with van der Waals surface area (Å²) in [5, 5.41) is 3.88. The first kappa shape index (κ1) is 20.2. The van der Waals surface area contributed by atoms with Gasteiger partial charge in [0, 0.05) is 11.8 Å². The summed E-state index contributed by atoms with van der Waals surface area (Å²) in [6, 6.07) is 21.0. The highest BCUT2D eigenvalue weighted by atomic mass is 32.2. The van der Waals surface area contributed by atoms with Crippen LogP contribution in [0.1, 0.15) is 21.6 Å². The Kier molecular flexibility index (Phi) is 6.36. The van der Waals surface area contributed by atoms with Gasteiger partial charge in [-0.3, -0.25) is 14.1 Å². The van der Waals surface area contributed by atoms with Crippen LogP contribution in [0.5, 0.6) is 0 Å². The fourth-order valence-corrected chi connectivity index (χ4v) is 3.49. The van der Waals surface area contributed by atoms with Crippen LogP contribution >= 0.6 is 0 Å². The van der Waals surface area contributed by atoms with Gasteiger partial charge in [0.15, 0.2) is 0 Å². The number of aromatic nitrogens is 1. The number of hydrogen-bond donors (Lipinski definition) is 1. The van der Waals surface area contributed by atoms with E-state index in [9.17, 15) is 13.2 Å². The number of nitrogens with one attached hydrogen (secondary N) is 1. The lowest BCUT2D eigenvalue weighted by molar-refractivity contribution is 0.0955. The number of nitrogens with zero attached hydrogens (tertiary/aromatic N) is 3. The SMILES string of the molecule is CS(=O)(=O)N(Cc1ccccc1)c1ccc(C(=O)N/N=C/c2ccccn2)cc1. The molecule has 0 aliphatic heterocycles. The fourth-order valence-electron chi connectivity index (χ4n) is 2.60. The number of anilines is 1. The lowest BCUT2D eigenvalue weighted by atomic mass is 10.2. The summed E-state index contributed by atoms with van der Waals surface area (Å²) in [5.74, 6) is -0.405. The summed E-state index contributed by atoms with van der Waals surface area (Å²) in [7, 11) is -3.49. The molecule has 0 spiro atoms. The van der Waals surface area contributed by atoms with E-state index in [4.69, 9.17) is 0 Å². The molecular formula is C21H20N4O3S. The Morgan fingerprint density at radius 1 is 1.03 bits per heavy atom. The average molecular weight is 408 g/mol. The van der Waals surface area contributed by atoms with Crippen LogP contribution < -0.4 is 9.73 Å². The third kappa shape index (κ3) is 5.73. The van der Waals surface area contributed by atoms with Crippen molar-refractivity contribution in [3.05, 3.63) is 95.8 Å². The van der Waals surface area contributed by atoms with Gasteiger partial charge in [0.2, 0.25) is 10.0 Å². The van der Waals surface area contributed by atoms with E-state index in [1.54, 1.807) is 42.6 Å². The minimum atomic E-state index is -3.49. The van der Waals surface area contributed by atoms with E-state index >= 15 is 0 Å². The Labute approximate surface area is 169 Å². The Hall–Kier alpha value is -3.52. The van der Waals surface area contributed by atoms with Crippen molar-refractivity contribution in [1.29, 1.82) is 0 Å². The van der Waals surface area contributed by atoms with Crippen LogP contribution in [0.4, 0.5) is 5.69 Å². The lowest BCUT2D eigenvalue weighted by Crippen LogP contribution is -2.29. The number of hydrazone groups is 1. The third-order valence-electron chi connectivity index (χ3n) is 4.04. The van der Waals surface area contributed by atoms with E-state index in [1.165, 1.54) is 10.5 Å². The normalized spacial score (nSPS) is 11.3. The van der Waals surface area contributed by atoms with Gasteiger partial charge in [-0.2, -0.15) is 5.10 Å². The number of amides is 1. The van der Waals surface area contributed by atoms with E-state index in [2.05, 4.69) is 15.5 Å². The molecule has 0 bridgehead atoms. The van der Waals surface area contributed by atoms with Crippen molar-refractivity contribution in [3.63, 3.8) is 0 Å². The number of rotatable bonds is 7. The zero-order chi connectivity index (χ0) is 20.7. The van der Waals surface area contributed by atoms with Crippen molar-refractivity contribution >= 4 is 27.8 Å². The summed E-state index contributed by atoms with van der Waals surface area (Å²) < 4.78 is 25.8. The summed E-state index contributed by atoms with van der Waals surface area (Å²) in [4.78, 5) is 16.3. The smallest absolute Gasteiger partial charge is 0.267 e. The van der Waals surface area contributed by atoms with Crippen LogP contribution in [-0.4, -0.2) is 31.8 Å². The molecule has 0 radical (unpaired) electrons. The zero-order valence-corrected chi connectivity index (χ0v) is 16.6. The number of sulfonamides is 1. The molecule has 3 rings (SSSR count). The van der Waals surface area contributed by atoms with Crippen molar-refractivity contribution in [2.24, 2.45) is 5.10 Å². The largest absolute Gasteiger partial charge is 0.271 e. The van der Waals surface area contributed by atoms with Crippen molar-refractivity contribution in [3.8, 4) is 0 Å². The molecule has 0 atom stereocenters. The number of carbonyl (C=O) groups excluding carboxylic acids is 1. The predicted octanol–water partition coefficient (Wildman–Crippen LogP) is 2.81. The highest BCUT2D eigenvalue weighted by Gasteiger charge is 2.18. The molecule has 0 unspecified atom stereocenters. The molecule has 0 aliphatic rings. The molecule has 0 saturated heterocycles. The van der Waals surface area contributed by atoms with Crippen LogP contribution in [-0.2, 0) is 16.6 Å². The molecule has 8 heteroatoms. The minimum Gasteiger partial charge on any atom is -0.267 e. The molecule has 3 aromatic rings. The van der Waals surface area contributed by atoms with Gasteiger partial charge in [0.25, 0.3) is 5.91 Å². The number of carbonyl (C=O) groups is 1. The van der Waals surface area contributed by atoms with Gasteiger partial charge < -0.3 is 0 Å². The zero-order valence-electron chi connectivity index (χ0n) is 15.8. The molecular weight excluding hydrogens is 388 g/mol. The minimum absolute atomic E-state index is 0.208. The first-order valence-electron chi connectivity index (χ1n) is 8.79. The topological polar surface area (TPSA) is 91.7 Å². The van der Waals surface area contributed by atoms with Gasteiger partial charge in [0.1, 0.15) is 0 Å². The molecule has 2 aromatic carbocycles. The van der Waals surface area contributed by atoms with E-state index < -0.39 is 15.9 Å². The average Bonchev–Trinajstić information content (AvgIpc) is 2.73. The van der Waals surface area contributed by atoms with Crippen LogP contribution in [0.3, 0.4) is 0 Å². The molecule has 7 nitrogen and oxygen atoms in total. The van der Waals surface area contributed by atoms with Crippen LogP contribution in [0.15, 0.2) is 84.1 Å². The van der Waals surface area contributed by atoms with Crippen molar-refractivity contribution in [2.45, 2.75) is 6.54 Å². The fraction of sp³-hybridized carbons (Fsp3) is 0.0952.